The summed E-state index contributed by atoms with van der Waals surface area (Å²) in [5.74, 6) is -2.81. The summed E-state index contributed by atoms with van der Waals surface area (Å²) in [7, 11) is 1.43. The number of benzene rings is 1. The third-order valence-electron chi connectivity index (χ3n) is 4.40. The minimum absolute atomic E-state index is 0.253. The third-order valence-corrected chi connectivity index (χ3v) is 4.40. The van der Waals surface area contributed by atoms with E-state index in [4.69, 9.17) is 9.84 Å². The lowest BCUT2D eigenvalue weighted by molar-refractivity contribution is -0.140. The smallest absolute Gasteiger partial charge is 0.307 e. The van der Waals surface area contributed by atoms with Gasteiger partial charge in [0.15, 0.2) is 0 Å². The fraction of sp³-hybridized carbons (Fsp3) is 0.500. The predicted molar refractivity (Wildman–Crippen MR) is 77.9 cm³/mol. The molecule has 0 radical (unpaired) electrons. The molecule has 1 unspecified atom stereocenters. The molecule has 1 aromatic rings. The van der Waals surface area contributed by atoms with E-state index in [1.165, 1.54) is 19.2 Å². The summed E-state index contributed by atoms with van der Waals surface area (Å²) in [5, 5.41) is 11.8. The normalized spacial score (nSPS) is 23.5. The first kappa shape index (κ1) is 16.3. The van der Waals surface area contributed by atoms with Crippen LogP contribution in [0, 0.1) is 23.1 Å². The zero-order valence-electron chi connectivity index (χ0n) is 13.0. The van der Waals surface area contributed by atoms with E-state index in [2.05, 4.69) is 5.32 Å². The Morgan fingerprint density at radius 1 is 1.36 bits per heavy atom. The van der Waals surface area contributed by atoms with Gasteiger partial charge in [0.05, 0.1) is 30.6 Å². The van der Waals surface area contributed by atoms with Crippen molar-refractivity contribution in [3.8, 4) is 5.75 Å². The highest BCUT2D eigenvalue weighted by Crippen LogP contribution is 2.58. The van der Waals surface area contributed by atoms with Gasteiger partial charge in [-0.3, -0.25) is 9.59 Å². The lowest BCUT2D eigenvalue weighted by Gasteiger charge is -2.18. The van der Waals surface area contributed by atoms with Gasteiger partial charge in [0.1, 0.15) is 11.6 Å². The van der Waals surface area contributed by atoms with Gasteiger partial charge in [-0.2, -0.15) is 0 Å². The number of carbonyl (C=O) groups excluding carboxylic acids is 1. The van der Waals surface area contributed by atoms with Crippen molar-refractivity contribution in [3.63, 3.8) is 0 Å². The minimum atomic E-state index is -0.985. The van der Waals surface area contributed by atoms with Crippen LogP contribution in [-0.4, -0.2) is 24.1 Å². The maximum absolute atomic E-state index is 14.0. The van der Waals surface area contributed by atoms with Gasteiger partial charge < -0.3 is 15.2 Å². The van der Waals surface area contributed by atoms with E-state index < -0.39 is 35.1 Å². The van der Waals surface area contributed by atoms with Crippen LogP contribution >= 0.6 is 0 Å². The number of halogens is 1. The SMILES string of the molecule is COc1cccc(F)c1C(C)NC(=O)[C@@H]1[C@H](C(=O)O)C1(C)C. The first-order valence-electron chi connectivity index (χ1n) is 7.07. The average molecular weight is 309 g/mol. The molecule has 0 heterocycles. The van der Waals surface area contributed by atoms with E-state index in [0.717, 1.165) is 0 Å². The van der Waals surface area contributed by atoms with E-state index in [9.17, 15) is 14.0 Å². The van der Waals surface area contributed by atoms with E-state index in [1.54, 1.807) is 26.8 Å². The van der Waals surface area contributed by atoms with Crippen molar-refractivity contribution in [2.75, 3.05) is 7.11 Å². The maximum atomic E-state index is 14.0. The first-order chi connectivity index (χ1) is 10.2. The number of amides is 1. The Kier molecular flexibility index (Phi) is 4.13. The Balaban J connectivity index is 2.15. The molecule has 1 amide bonds. The van der Waals surface area contributed by atoms with Crippen LogP contribution in [0.15, 0.2) is 18.2 Å². The van der Waals surface area contributed by atoms with Gasteiger partial charge in [0.25, 0.3) is 0 Å². The van der Waals surface area contributed by atoms with Crippen molar-refractivity contribution < 1.29 is 23.8 Å². The van der Waals surface area contributed by atoms with Crippen LogP contribution in [0.2, 0.25) is 0 Å². The summed E-state index contributed by atoms with van der Waals surface area (Å²) < 4.78 is 19.1. The van der Waals surface area contributed by atoms with Crippen LogP contribution in [-0.2, 0) is 9.59 Å². The number of nitrogens with one attached hydrogen (secondary N) is 1. The van der Waals surface area contributed by atoms with Crippen molar-refractivity contribution >= 4 is 11.9 Å². The molecule has 0 aliphatic heterocycles. The number of carboxylic acids is 1. The second-order valence-electron chi connectivity index (χ2n) is 6.20. The van der Waals surface area contributed by atoms with Gasteiger partial charge in [-0.15, -0.1) is 0 Å². The summed E-state index contributed by atoms with van der Waals surface area (Å²) in [4.78, 5) is 23.4. The molecule has 120 valence electrons. The molecular formula is C16H20FNO4. The zero-order valence-corrected chi connectivity index (χ0v) is 13.0. The molecule has 1 aromatic carbocycles. The molecular weight excluding hydrogens is 289 g/mol. The maximum Gasteiger partial charge on any atom is 0.307 e. The topological polar surface area (TPSA) is 75.6 Å². The lowest BCUT2D eigenvalue weighted by Crippen LogP contribution is -2.30. The highest BCUT2D eigenvalue weighted by atomic mass is 19.1. The van der Waals surface area contributed by atoms with Gasteiger partial charge in [-0.25, -0.2) is 4.39 Å². The fourth-order valence-corrected chi connectivity index (χ4v) is 3.08. The Bertz CT molecular complexity index is 614. The van der Waals surface area contributed by atoms with Crippen molar-refractivity contribution in [2.24, 2.45) is 17.3 Å². The van der Waals surface area contributed by atoms with Gasteiger partial charge in [0.2, 0.25) is 5.91 Å². The molecule has 0 saturated heterocycles. The Morgan fingerprint density at radius 3 is 2.50 bits per heavy atom. The van der Waals surface area contributed by atoms with Gasteiger partial charge >= 0.3 is 5.97 Å². The number of methoxy groups -OCH3 is 1. The van der Waals surface area contributed by atoms with Crippen LogP contribution in [0.25, 0.3) is 0 Å². The second kappa shape index (κ2) is 5.59. The van der Waals surface area contributed by atoms with Gasteiger partial charge in [-0.1, -0.05) is 19.9 Å². The largest absolute Gasteiger partial charge is 0.496 e. The monoisotopic (exact) mass is 309 g/mol. The van der Waals surface area contributed by atoms with E-state index >= 15 is 0 Å². The highest BCUT2D eigenvalue weighted by Gasteiger charge is 2.65. The number of aliphatic carboxylic acids is 1. The number of carboxylic acid groups (broad SMARTS) is 1. The zero-order chi connectivity index (χ0) is 16.7. The van der Waals surface area contributed by atoms with E-state index in [1.807, 2.05) is 0 Å². The van der Waals surface area contributed by atoms with Gasteiger partial charge in [0, 0.05) is 0 Å². The van der Waals surface area contributed by atoms with Crippen LogP contribution in [0.4, 0.5) is 4.39 Å². The van der Waals surface area contributed by atoms with E-state index in [0.29, 0.717) is 5.75 Å². The number of hydrogen-bond acceptors (Lipinski definition) is 3. The van der Waals surface area contributed by atoms with E-state index in [-0.39, 0.29) is 11.5 Å². The molecule has 6 heteroatoms. The summed E-state index contributed by atoms with van der Waals surface area (Å²) in [5.41, 5.74) is -0.335. The second-order valence-corrected chi connectivity index (χ2v) is 6.20. The third kappa shape index (κ3) is 2.65. The predicted octanol–water partition coefficient (Wildman–Crippen LogP) is 2.37. The highest BCUT2D eigenvalue weighted by molar-refractivity contribution is 5.91. The summed E-state index contributed by atoms with van der Waals surface area (Å²) in [6.45, 7) is 5.12. The van der Waals surface area contributed by atoms with Crippen LogP contribution in [0.3, 0.4) is 0 Å². The summed E-state index contributed by atoms with van der Waals surface area (Å²) in [6.07, 6.45) is 0. The van der Waals surface area contributed by atoms with Crippen molar-refractivity contribution in [2.45, 2.75) is 26.8 Å². The molecule has 5 nitrogen and oxygen atoms in total. The molecule has 2 N–H and O–H groups in total. The molecule has 22 heavy (non-hydrogen) atoms. The molecule has 1 fully saturated rings. The molecule has 0 spiro atoms. The molecule has 1 aliphatic rings. The Hall–Kier alpha value is -2.11. The lowest BCUT2D eigenvalue weighted by atomic mass is 10.0. The van der Waals surface area contributed by atoms with Crippen molar-refractivity contribution in [3.05, 3.63) is 29.6 Å². The van der Waals surface area contributed by atoms with Crippen LogP contribution < -0.4 is 10.1 Å². The Morgan fingerprint density at radius 2 is 2.00 bits per heavy atom. The molecule has 3 atom stereocenters. The summed E-state index contributed by atoms with van der Waals surface area (Å²) >= 11 is 0. The molecule has 0 bridgehead atoms. The molecule has 1 saturated carbocycles. The summed E-state index contributed by atoms with van der Waals surface area (Å²) in [6, 6.07) is 3.81. The number of hydrogen-bond donors (Lipinski definition) is 2. The Labute approximate surface area is 128 Å². The number of carbonyl (C=O) groups is 2. The molecule has 1 aliphatic carbocycles. The fourth-order valence-electron chi connectivity index (χ4n) is 3.08. The number of rotatable bonds is 5. The van der Waals surface area contributed by atoms with Gasteiger partial charge in [-0.05, 0) is 24.5 Å². The first-order valence-corrected chi connectivity index (χ1v) is 7.07. The standard InChI is InChI=1S/C16H20FNO4/c1-8(11-9(17)6-5-7-10(11)22-4)18-14(19)12-13(15(20)21)16(12,2)3/h5-8,12-13H,1-4H3,(H,18,19)(H,20,21)/t8?,12-,13+/m0/s1. The van der Waals surface area contributed by atoms with Crippen molar-refractivity contribution in [1.29, 1.82) is 0 Å². The minimum Gasteiger partial charge on any atom is -0.496 e. The van der Waals surface area contributed by atoms with Crippen LogP contribution in [0.5, 0.6) is 5.75 Å². The molecule has 0 aromatic heterocycles. The number of ether oxygens (including phenoxy) is 1. The average Bonchev–Trinajstić information content (AvgIpc) is 3.01. The molecule has 2 rings (SSSR count). The van der Waals surface area contributed by atoms with Crippen molar-refractivity contribution in [1.82, 2.24) is 5.32 Å². The quantitative estimate of drug-likeness (QED) is 0.875. The van der Waals surface area contributed by atoms with Crippen LogP contribution in [0.1, 0.15) is 32.4 Å².